The van der Waals surface area contributed by atoms with E-state index < -0.39 is 7.63 Å². The van der Waals surface area contributed by atoms with Crippen molar-refractivity contribution in [2.45, 2.75) is 13.0 Å². The van der Waals surface area contributed by atoms with Crippen LogP contribution in [0.5, 0.6) is 0 Å². The highest BCUT2D eigenvalue weighted by molar-refractivity contribution is 9.10. The second kappa shape index (κ2) is 7.66. The second-order valence-corrected chi connectivity index (χ2v) is 10.6. The predicted octanol–water partition coefficient (Wildman–Crippen LogP) is 5.02. The number of hydrogen-bond donors (Lipinski definition) is 0. The van der Waals surface area contributed by atoms with Crippen molar-refractivity contribution < 1.29 is 4.43 Å². The lowest BCUT2D eigenvalue weighted by atomic mass is 10.1. The van der Waals surface area contributed by atoms with Gasteiger partial charge in [0.15, 0.2) is 0 Å². The Morgan fingerprint density at radius 3 is 1.75 bits per heavy atom. The van der Waals surface area contributed by atoms with Gasteiger partial charge in [-0.1, -0.05) is 94.8 Å². The molecule has 0 aliphatic carbocycles. The summed E-state index contributed by atoms with van der Waals surface area (Å²) in [6.45, 7) is 2.05. The maximum Gasteiger partial charge on any atom is 0.355 e. The van der Waals surface area contributed by atoms with Crippen LogP contribution in [0.15, 0.2) is 89.4 Å². The number of hydrogen-bond acceptors (Lipinski definition) is 1. The molecule has 0 N–H and O–H groups in total. The summed E-state index contributed by atoms with van der Waals surface area (Å²) >= 11 is 10.8. The van der Waals surface area contributed by atoms with Crippen LogP contribution in [-0.4, -0.2) is 7.63 Å². The van der Waals surface area contributed by atoms with Crippen molar-refractivity contribution >= 4 is 45.0 Å². The molecule has 0 heterocycles. The van der Waals surface area contributed by atoms with Gasteiger partial charge in [-0.15, -0.1) is 11.1 Å². The highest BCUT2D eigenvalue weighted by Gasteiger charge is 2.40. The van der Waals surface area contributed by atoms with Crippen LogP contribution in [0, 0.1) is 0 Å². The van der Waals surface area contributed by atoms with Crippen LogP contribution in [0.2, 0.25) is 0 Å². The van der Waals surface area contributed by atoms with E-state index in [1.165, 1.54) is 0 Å². The van der Waals surface area contributed by atoms with E-state index in [4.69, 9.17) is 15.5 Å². The molecule has 3 rings (SSSR count). The lowest BCUT2D eigenvalue weighted by molar-refractivity contribution is 0.231. The lowest BCUT2D eigenvalue weighted by Gasteiger charge is -2.29. The van der Waals surface area contributed by atoms with E-state index >= 15 is 0 Å². The monoisotopic (exact) mass is 416 g/mol. The Bertz CT molecular complexity index is 756. The van der Waals surface area contributed by atoms with Gasteiger partial charge in [-0.05, 0) is 28.9 Å². The maximum atomic E-state index is 7.19. The van der Waals surface area contributed by atoms with Gasteiger partial charge in [-0.25, -0.2) is 0 Å². The molecule has 0 saturated carbocycles. The van der Waals surface area contributed by atoms with Gasteiger partial charge in [0.1, 0.15) is 0 Å². The molecule has 0 saturated heterocycles. The minimum absolute atomic E-state index is 0.120. The van der Waals surface area contributed by atoms with Crippen molar-refractivity contribution in [2.24, 2.45) is 0 Å². The number of rotatable bonds is 5. The van der Waals surface area contributed by atoms with Gasteiger partial charge < -0.3 is 4.43 Å². The van der Waals surface area contributed by atoms with Gasteiger partial charge in [0.2, 0.25) is 0 Å². The fraction of sp³-hybridized carbons (Fsp3) is 0.100. The number of halogens is 2. The molecule has 122 valence electrons. The molecule has 3 aromatic rings. The third-order valence-corrected chi connectivity index (χ3v) is 9.10. The lowest BCUT2D eigenvalue weighted by Crippen LogP contribution is -2.56. The van der Waals surface area contributed by atoms with Crippen LogP contribution in [0.4, 0.5) is 0 Å². The molecule has 1 nitrogen and oxygen atoms in total. The fourth-order valence-electron chi connectivity index (χ4n) is 2.72. The van der Waals surface area contributed by atoms with E-state index in [1.54, 1.807) is 0 Å². The van der Waals surface area contributed by atoms with E-state index in [0.29, 0.717) is 0 Å². The number of benzene rings is 3. The third kappa shape index (κ3) is 3.65. The molecule has 0 aliphatic rings. The van der Waals surface area contributed by atoms with Gasteiger partial charge in [-0.2, -0.15) is 0 Å². The Morgan fingerprint density at radius 1 is 0.792 bits per heavy atom. The third-order valence-electron chi connectivity index (χ3n) is 3.97. The van der Waals surface area contributed by atoms with Crippen molar-refractivity contribution in [2.75, 3.05) is 0 Å². The molecule has 0 bridgehead atoms. The van der Waals surface area contributed by atoms with E-state index in [2.05, 4.69) is 53.2 Å². The average molecular weight is 418 g/mol. The molecule has 1 atom stereocenters. The van der Waals surface area contributed by atoms with E-state index in [-0.39, 0.29) is 6.10 Å². The summed E-state index contributed by atoms with van der Waals surface area (Å²) in [5, 5.41) is 2.11. The molecule has 0 amide bonds. The predicted molar refractivity (Wildman–Crippen MR) is 107 cm³/mol. The Hall–Kier alpha value is -1.39. The largest absolute Gasteiger partial charge is 0.390 e. The van der Waals surface area contributed by atoms with Gasteiger partial charge in [-0.3, -0.25) is 0 Å². The Labute approximate surface area is 157 Å². The van der Waals surface area contributed by atoms with Crippen LogP contribution in [0.1, 0.15) is 18.6 Å². The van der Waals surface area contributed by atoms with Crippen LogP contribution < -0.4 is 10.4 Å². The zero-order valence-electron chi connectivity index (χ0n) is 13.3. The van der Waals surface area contributed by atoms with Crippen molar-refractivity contribution in [1.82, 2.24) is 0 Å². The molecule has 24 heavy (non-hydrogen) atoms. The summed E-state index contributed by atoms with van der Waals surface area (Å²) in [5.41, 5.74) is 1.10. The summed E-state index contributed by atoms with van der Waals surface area (Å²) in [6.07, 6.45) is -0.120. The maximum absolute atomic E-state index is 7.19. The quantitative estimate of drug-likeness (QED) is 0.418. The van der Waals surface area contributed by atoms with Crippen LogP contribution in [0.25, 0.3) is 0 Å². The Balaban J connectivity index is 2.02. The van der Waals surface area contributed by atoms with Crippen LogP contribution in [0.3, 0.4) is 0 Å². The molecular formula is C20H18BrClOSi. The summed E-state index contributed by atoms with van der Waals surface area (Å²) < 4.78 is 7.59. The molecule has 0 spiro atoms. The first kappa shape index (κ1) is 17.4. The summed E-state index contributed by atoms with van der Waals surface area (Å²) in [7, 11) is -2.82. The minimum atomic E-state index is -2.82. The van der Waals surface area contributed by atoms with Gasteiger partial charge in [0.05, 0.1) is 6.10 Å². The second-order valence-electron chi connectivity index (χ2n) is 5.61. The first-order valence-electron chi connectivity index (χ1n) is 7.83. The zero-order valence-corrected chi connectivity index (χ0v) is 16.7. The van der Waals surface area contributed by atoms with E-state index in [0.717, 1.165) is 20.4 Å². The molecule has 0 aliphatic heterocycles. The van der Waals surface area contributed by atoms with Gasteiger partial charge >= 0.3 is 7.63 Å². The topological polar surface area (TPSA) is 9.23 Å². The smallest absolute Gasteiger partial charge is 0.355 e. The van der Waals surface area contributed by atoms with E-state index in [9.17, 15) is 0 Å². The fourth-order valence-corrected chi connectivity index (χ4v) is 6.95. The minimum Gasteiger partial charge on any atom is -0.390 e. The molecule has 3 aromatic carbocycles. The van der Waals surface area contributed by atoms with Gasteiger partial charge in [0.25, 0.3) is 0 Å². The normalized spacial score (nSPS) is 12.8. The summed E-state index contributed by atoms with van der Waals surface area (Å²) in [6, 6.07) is 28.4. The standard InChI is InChI=1S/C20H18BrClOSi/c1-16(19-14-8-9-15-20(19)21)23-24(22,17-10-4-2-5-11-17)18-12-6-3-7-13-18/h2-16H,1H3/t16-/m1/s1. The van der Waals surface area contributed by atoms with Crippen molar-refractivity contribution in [3.8, 4) is 0 Å². The summed E-state index contributed by atoms with van der Waals surface area (Å²) in [5.74, 6) is 0. The molecule has 0 fully saturated rings. The summed E-state index contributed by atoms with van der Waals surface area (Å²) in [4.78, 5) is 0. The highest BCUT2D eigenvalue weighted by atomic mass is 79.9. The van der Waals surface area contributed by atoms with Crippen LogP contribution >= 0.6 is 27.0 Å². The van der Waals surface area contributed by atoms with Gasteiger partial charge in [0, 0.05) is 4.47 Å². The van der Waals surface area contributed by atoms with Crippen molar-refractivity contribution in [3.05, 3.63) is 95.0 Å². The molecular weight excluding hydrogens is 400 g/mol. The Kier molecular flexibility index (Phi) is 5.56. The van der Waals surface area contributed by atoms with Crippen molar-refractivity contribution in [3.63, 3.8) is 0 Å². The Morgan fingerprint density at radius 2 is 1.25 bits per heavy atom. The SMILES string of the molecule is C[C@@H](O[Si](Cl)(c1ccccc1)c1ccccc1)c1ccccc1Br. The first-order chi connectivity index (χ1) is 11.6. The molecule has 0 unspecified atom stereocenters. The molecule has 4 heteroatoms. The molecule has 0 radical (unpaired) electrons. The van der Waals surface area contributed by atoms with E-state index in [1.807, 2.05) is 54.6 Å². The first-order valence-corrected chi connectivity index (χ1v) is 11.5. The average Bonchev–Trinajstić information content (AvgIpc) is 2.63. The zero-order chi connectivity index (χ0) is 17.0. The van der Waals surface area contributed by atoms with Crippen LogP contribution in [-0.2, 0) is 4.43 Å². The molecule has 0 aromatic heterocycles. The van der Waals surface area contributed by atoms with Crippen molar-refractivity contribution in [1.29, 1.82) is 0 Å². The highest BCUT2D eigenvalue weighted by Crippen LogP contribution is 2.29.